The largest absolute Gasteiger partial charge is 0.385 e. The molecule has 3 nitrogen and oxygen atoms in total. The van der Waals surface area contributed by atoms with Crippen LogP contribution in [-0.4, -0.2) is 12.5 Å². The van der Waals surface area contributed by atoms with Crippen molar-refractivity contribution in [1.29, 1.82) is 0 Å². The fourth-order valence-electron chi connectivity index (χ4n) is 2.12. The van der Waals surface area contributed by atoms with Crippen LogP contribution in [0.4, 0.5) is 11.4 Å². The molecule has 0 saturated carbocycles. The predicted octanol–water partition coefficient (Wildman–Crippen LogP) is 4.75. The van der Waals surface area contributed by atoms with Crippen molar-refractivity contribution in [3.05, 3.63) is 57.6 Å². The van der Waals surface area contributed by atoms with E-state index in [9.17, 15) is 4.79 Å². The van der Waals surface area contributed by atoms with Gasteiger partial charge in [0.1, 0.15) is 0 Å². The highest BCUT2D eigenvalue weighted by Gasteiger charge is 2.10. The molecule has 2 N–H and O–H groups in total. The molecule has 4 heteroatoms. The molecule has 0 radical (unpaired) electrons. The van der Waals surface area contributed by atoms with Gasteiger partial charge >= 0.3 is 0 Å². The van der Waals surface area contributed by atoms with Gasteiger partial charge in [0, 0.05) is 22.3 Å². The maximum absolute atomic E-state index is 12.3. The molecule has 2 aromatic rings. The summed E-state index contributed by atoms with van der Waals surface area (Å²) >= 11 is 3.45. The van der Waals surface area contributed by atoms with Crippen LogP contribution >= 0.6 is 15.9 Å². The molecule has 2 aromatic carbocycles. The Morgan fingerprint density at radius 1 is 1.10 bits per heavy atom. The molecule has 0 saturated heterocycles. The lowest BCUT2D eigenvalue weighted by Crippen LogP contribution is -2.13. The lowest BCUT2D eigenvalue weighted by atomic mass is 10.1. The molecule has 110 valence electrons. The Morgan fingerprint density at radius 2 is 1.86 bits per heavy atom. The molecule has 0 aliphatic rings. The lowest BCUT2D eigenvalue weighted by molar-refractivity contribution is 0.102. The number of carbonyl (C=O) groups is 1. The number of benzene rings is 2. The summed E-state index contributed by atoms with van der Waals surface area (Å²) in [5.74, 6) is -0.104. The van der Waals surface area contributed by atoms with Gasteiger partial charge in [-0.05, 0) is 78.2 Å². The van der Waals surface area contributed by atoms with Crippen molar-refractivity contribution in [3.8, 4) is 0 Å². The third kappa shape index (κ3) is 3.85. The zero-order chi connectivity index (χ0) is 15.4. The molecule has 0 aliphatic heterocycles. The molecule has 0 spiro atoms. The van der Waals surface area contributed by atoms with E-state index in [0.717, 1.165) is 33.5 Å². The van der Waals surface area contributed by atoms with Crippen LogP contribution in [0, 0.1) is 13.8 Å². The second kappa shape index (κ2) is 6.76. The SMILES string of the molecule is CCNc1ccc(C(=O)Nc2cc(C)ccc2Br)cc1C. The van der Waals surface area contributed by atoms with Gasteiger partial charge in [0.2, 0.25) is 0 Å². The monoisotopic (exact) mass is 346 g/mol. The van der Waals surface area contributed by atoms with Crippen LogP contribution in [-0.2, 0) is 0 Å². The van der Waals surface area contributed by atoms with Gasteiger partial charge in [-0.25, -0.2) is 0 Å². The molecule has 0 heterocycles. The van der Waals surface area contributed by atoms with Gasteiger partial charge in [-0.3, -0.25) is 4.79 Å². The summed E-state index contributed by atoms with van der Waals surface area (Å²) in [6.45, 7) is 6.91. The van der Waals surface area contributed by atoms with Crippen LogP contribution in [0.15, 0.2) is 40.9 Å². The van der Waals surface area contributed by atoms with Crippen LogP contribution in [0.3, 0.4) is 0 Å². The fourth-order valence-corrected chi connectivity index (χ4v) is 2.47. The Balaban J connectivity index is 2.20. The second-order valence-corrected chi connectivity index (χ2v) is 5.85. The molecule has 0 fully saturated rings. The maximum Gasteiger partial charge on any atom is 0.255 e. The number of hydrogen-bond donors (Lipinski definition) is 2. The Bertz CT molecular complexity index is 668. The van der Waals surface area contributed by atoms with E-state index >= 15 is 0 Å². The quantitative estimate of drug-likeness (QED) is 0.838. The third-order valence-electron chi connectivity index (χ3n) is 3.23. The van der Waals surface area contributed by atoms with E-state index in [-0.39, 0.29) is 5.91 Å². The van der Waals surface area contributed by atoms with Crippen LogP contribution in [0.25, 0.3) is 0 Å². The first-order valence-electron chi connectivity index (χ1n) is 6.93. The van der Waals surface area contributed by atoms with E-state index in [4.69, 9.17) is 0 Å². The summed E-state index contributed by atoms with van der Waals surface area (Å²) in [4.78, 5) is 12.3. The van der Waals surface area contributed by atoms with Crippen molar-refractivity contribution in [3.63, 3.8) is 0 Å². The predicted molar refractivity (Wildman–Crippen MR) is 92.2 cm³/mol. The van der Waals surface area contributed by atoms with Gasteiger partial charge in [0.15, 0.2) is 0 Å². The van der Waals surface area contributed by atoms with Gasteiger partial charge in [0.05, 0.1) is 5.69 Å². The van der Waals surface area contributed by atoms with Crippen LogP contribution < -0.4 is 10.6 Å². The minimum absolute atomic E-state index is 0.104. The second-order valence-electron chi connectivity index (χ2n) is 5.00. The number of aryl methyl sites for hydroxylation is 2. The number of hydrogen-bond acceptors (Lipinski definition) is 2. The number of halogens is 1. The van der Waals surface area contributed by atoms with Crippen molar-refractivity contribution in [1.82, 2.24) is 0 Å². The Morgan fingerprint density at radius 3 is 2.52 bits per heavy atom. The highest BCUT2D eigenvalue weighted by molar-refractivity contribution is 9.10. The Hall–Kier alpha value is -1.81. The standard InChI is InChI=1S/C17H19BrN2O/c1-4-19-15-8-6-13(10-12(15)3)17(21)20-16-9-11(2)5-7-14(16)18/h5-10,19H,4H2,1-3H3,(H,20,21). The molecule has 0 unspecified atom stereocenters. The summed E-state index contributed by atoms with van der Waals surface area (Å²) in [5, 5.41) is 6.21. The number of carbonyl (C=O) groups excluding carboxylic acids is 1. The first-order valence-corrected chi connectivity index (χ1v) is 7.72. The molecule has 2 rings (SSSR count). The lowest BCUT2D eigenvalue weighted by Gasteiger charge is -2.11. The molecular formula is C17H19BrN2O. The van der Waals surface area contributed by atoms with Gasteiger partial charge < -0.3 is 10.6 Å². The summed E-state index contributed by atoms with van der Waals surface area (Å²) in [6.07, 6.45) is 0. The van der Waals surface area contributed by atoms with Crippen molar-refractivity contribution in [2.45, 2.75) is 20.8 Å². The molecular weight excluding hydrogens is 328 g/mol. The molecule has 0 aliphatic carbocycles. The Labute approximate surface area is 133 Å². The topological polar surface area (TPSA) is 41.1 Å². The van der Waals surface area contributed by atoms with Gasteiger partial charge in [-0.15, -0.1) is 0 Å². The smallest absolute Gasteiger partial charge is 0.255 e. The number of amides is 1. The Kier molecular flexibility index (Phi) is 5.02. The van der Waals surface area contributed by atoms with Crippen molar-refractivity contribution in [2.24, 2.45) is 0 Å². The average Bonchev–Trinajstić information content (AvgIpc) is 2.45. The van der Waals surface area contributed by atoms with Gasteiger partial charge in [-0.2, -0.15) is 0 Å². The highest BCUT2D eigenvalue weighted by Crippen LogP contribution is 2.24. The highest BCUT2D eigenvalue weighted by atomic mass is 79.9. The summed E-state index contributed by atoms with van der Waals surface area (Å²) < 4.78 is 0.877. The molecule has 0 atom stereocenters. The minimum Gasteiger partial charge on any atom is -0.385 e. The number of nitrogens with one attached hydrogen (secondary N) is 2. The van der Waals surface area contributed by atoms with Gasteiger partial charge in [-0.1, -0.05) is 6.07 Å². The van der Waals surface area contributed by atoms with Crippen LogP contribution in [0.2, 0.25) is 0 Å². The van der Waals surface area contributed by atoms with E-state index in [2.05, 4.69) is 33.5 Å². The summed E-state index contributed by atoms with van der Waals surface area (Å²) in [5.41, 5.74) is 4.67. The third-order valence-corrected chi connectivity index (χ3v) is 3.92. The number of rotatable bonds is 4. The molecule has 21 heavy (non-hydrogen) atoms. The van der Waals surface area contributed by atoms with Gasteiger partial charge in [0.25, 0.3) is 5.91 Å². The van der Waals surface area contributed by atoms with Crippen molar-refractivity contribution < 1.29 is 4.79 Å². The zero-order valence-electron chi connectivity index (χ0n) is 12.5. The molecule has 1 amide bonds. The maximum atomic E-state index is 12.3. The van der Waals surface area contributed by atoms with E-state index in [1.807, 2.05) is 50.2 Å². The van der Waals surface area contributed by atoms with E-state index in [1.54, 1.807) is 0 Å². The van der Waals surface area contributed by atoms with E-state index < -0.39 is 0 Å². The van der Waals surface area contributed by atoms with E-state index in [1.165, 1.54) is 0 Å². The van der Waals surface area contributed by atoms with Crippen molar-refractivity contribution in [2.75, 3.05) is 17.2 Å². The van der Waals surface area contributed by atoms with Crippen LogP contribution in [0.5, 0.6) is 0 Å². The zero-order valence-corrected chi connectivity index (χ0v) is 14.0. The average molecular weight is 347 g/mol. The first kappa shape index (κ1) is 15.6. The van der Waals surface area contributed by atoms with E-state index in [0.29, 0.717) is 5.56 Å². The summed E-state index contributed by atoms with van der Waals surface area (Å²) in [6, 6.07) is 11.6. The van der Waals surface area contributed by atoms with Crippen molar-refractivity contribution >= 4 is 33.2 Å². The fraction of sp³-hybridized carbons (Fsp3) is 0.235. The minimum atomic E-state index is -0.104. The number of anilines is 2. The first-order chi connectivity index (χ1) is 10.0. The molecule has 0 bridgehead atoms. The van der Waals surface area contributed by atoms with Crippen LogP contribution in [0.1, 0.15) is 28.4 Å². The normalized spacial score (nSPS) is 10.3. The summed E-state index contributed by atoms with van der Waals surface area (Å²) in [7, 11) is 0. The molecule has 0 aromatic heterocycles.